The minimum absolute atomic E-state index is 0. The van der Waals surface area contributed by atoms with Crippen molar-refractivity contribution < 1.29 is 30.4 Å². The van der Waals surface area contributed by atoms with Crippen molar-refractivity contribution in [2.45, 2.75) is 19.8 Å². The second-order valence-electron chi connectivity index (χ2n) is 17.4. The van der Waals surface area contributed by atoms with Crippen molar-refractivity contribution in [3.63, 3.8) is 0 Å². The number of fused-ring (bicyclic) bond motifs is 4. The smallest absolute Gasteiger partial charge is 0.268 e. The average molecular weight is 1070 g/mol. The minimum Gasteiger partial charge on any atom is -0.510 e. The van der Waals surface area contributed by atoms with E-state index in [-0.39, 0.29) is 27.0 Å². The van der Waals surface area contributed by atoms with Crippen LogP contribution >= 0.6 is 0 Å². The second kappa shape index (κ2) is 18.5. The van der Waals surface area contributed by atoms with Crippen LogP contribution in [0.2, 0.25) is 0 Å². The predicted molar refractivity (Wildman–Crippen MR) is 276 cm³/mol. The maximum absolute atomic E-state index is 6.75. The van der Waals surface area contributed by atoms with E-state index >= 15 is 0 Å². The summed E-state index contributed by atoms with van der Waals surface area (Å²) < 4.78 is 13.2. The molecule has 0 spiro atoms. The summed E-state index contributed by atoms with van der Waals surface area (Å²) in [6, 6.07) is 83.5. The zero-order valence-corrected chi connectivity index (χ0v) is 40.2. The van der Waals surface area contributed by atoms with Gasteiger partial charge in [-0.1, -0.05) is 195 Å². The van der Waals surface area contributed by atoms with Gasteiger partial charge in [-0.15, -0.1) is 29.7 Å². The van der Waals surface area contributed by atoms with Crippen molar-refractivity contribution in [1.82, 2.24) is 14.1 Å². The number of pyridine rings is 1. The third-order valence-electron chi connectivity index (χ3n) is 12.8. The number of hydrogen-bond acceptors (Lipinski definition) is 2. The SMILES string of the molecule is CC(C)c1cc(-n2c3[c-]c(Oc4[c-]c(-n5[c-][n+](-c6c(-c7ccccc7)cccc6-c6ccccc6)c6ccccc65)ccc4)ccc3c3cc(-c4ccccc4)ccc32)ncc1-c1ccccc1.[Pt]. The molecule has 0 radical (unpaired) electrons. The number of ether oxygens (including phenoxy) is 1. The van der Waals surface area contributed by atoms with Crippen LogP contribution in [0.15, 0.2) is 225 Å². The summed E-state index contributed by atoms with van der Waals surface area (Å²) in [5.74, 6) is 2.23. The zero-order valence-electron chi connectivity index (χ0n) is 38.0. The van der Waals surface area contributed by atoms with Gasteiger partial charge in [0.05, 0.1) is 16.7 Å². The molecule has 3 heterocycles. The molecular formula is C63H44N4OPt-2. The van der Waals surface area contributed by atoms with E-state index in [2.05, 4.69) is 240 Å². The monoisotopic (exact) mass is 1070 g/mol. The Balaban J connectivity index is 0.00000520. The van der Waals surface area contributed by atoms with Crippen LogP contribution in [0.4, 0.5) is 0 Å². The van der Waals surface area contributed by atoms with Crippen molar-refractivity contribution in [1.29, 1.82) is 0 Å². The van der Waals surface area contributed by atoms with Gasteiger partial charge in [-0.2, -0.15) is 18.2 Å². The number of aromatic nitrogens is 4. The molecule has 0 aliphatic rings. The van der Waals surface area contributed by atoms with E-state index in [1.807, 2.05) is 30.5 Å². The van der Waals surface area contributed by atoms with Gasteiger partial charge >= 0.3 is 0 Å². The van der Waals surface area contributed by atoms with Crippen LogP contribution in [0.5, 0.6) is 11.5 Å². The Labute approximate surface area is 416 Å². The summed E-state index contributed by atoms with van der Waals surface area (Å²) in [6.45, 7) is 4.48. The summed E-state index contributed by atoms with van der Waals surface area (Å²) >= 11 is 0. The van der Waals surface area contributed by atoms with Crippen molar-refractivity contribution in [2.75, 3.05) is 0 Å². The first kappa shape index (κ1) is 43.5. The molecule has 0 unspecified atom stereocenters. The number of rotatable bonds is 10. The van der Waals surface area contributed by atoms with Gasteiger partial charge in [0.15, 0.2) is 0 Å². The fraction of sp³-hybridized carbons (Fsp3) is 0.0476. The molecule has 0 atom stereocenters. The maximum Gasteiger partial charge on any atom is 0.268 e. The summed E-state index contributed by atoms with van der Waals surface area (Å²) in [5.41, 5.74) is 16.1. The second-order valence-corrected chi connectivity index (χ2v) is 17.4. The van der Waals surface area contributed by atoms with Crippen LogP contribution < -0.4 is 9.30 Å². The maximum atomic E-state index is 6.75. The summed E-state index contributed by atoms with van der Waals surface area (Å²) in [7, 11) is 0. The van der Waals surface area contributed by atoms with Gasteiger partial charge in [0, 0.05) is 49.8 Å². The first-order valence-electron chi connectivity index (χ1n) is 23.1. The molecule has 0 fully saturated rings. The predicted octanol–water partition coefficient (Wildman–Crippen LogP) is 15.4. The number of hydrogen-bond donors (Lipinski definition) is 0. The van der Waals surface area contributed by atoms with E-state index in [0.717, 1.165) is 94.5 Å². The van der Waals surface area contributed by atoms with Crippen molar-refractivity contribution in [3.8, 4) is 73.2 Å². The van der Waals surface area contributed by atoms with Gasteiger partial charge in [-0.05, 0) is 73.6 Å². The normalized spacial score (nSPS) is 11.3. The van der Waals surface area contributed by atoms with Gasteiger partial charge in [0.25, 0.3) is 6.33 Å². The summed E-state index contributed by atoms with van der Waals surface area (Å²) in [6.07, 6.45) is 5.79. The topological polar surface area (TPSA) is 35.9 Å². The summed E-state index contributed by atoms with van der Waals surface area (Å²) in [5, 5.41) is 2.18. The Bertz CT molecular complexity index is 3730. The van der Waals surface area contributed by atoms with E-state index in [1.165, 1.54) is 5.56 Å². The van der Waals surface area contributed by atoms with Gasteiger partial charge in [-0.3, -0.25) is 4.57 Å². The average Bonchev–Trinajstić information content (AvgIpc) is 3.95. The number of benzene rings is 9. The quantitative estimate of drug-likeness (QED) is 0.101. The number of nitrogens with zero attached hydrogens (tertiary/aromatic N) is 4. The molecule has 0 saturated heterocycles. The molecule has 5 nitrogen and oxygen atoms in total. The Morgan fingerprint density at radius 1 is 0.493 bits per heavy atom. The van der Waals surface area contributed by atoms with Gasteiger partial charge < -0.3 is 13.9 Å². The number of para-hydroxylation sites is 3. The van der Waals surface area contributed by atoms with E-state index < -0.39 is 0 Å². The van der Waals surface area contributed by atoms with Crippen molar-refractivity contribution in [2.24, 2.45) is 0 Å². The van der Waals surface area contributed by atoms with E-state index in [9.17, 15) is 0 Å². The molecule has 69 heavy (non-hydrogen) atoms. The first-order chi connectivity index (χ1) is 33.6. The first-order valence-corrected chi connectivity index (χ1v) is 23.1. The van der Waals surface area contributed by atoms with Crippen molar-refractivity contribution >= 4 is 32.8 Å². The molecular weight excluding hydrogens is 1020 g/mol. The molecule has 9 aromatic carbocycles. The molecule has 0 aliphatic carbocycles. The Hall–Kier alpha value is -8.11. The Morgan fingerprint density at radius 2 is 1.09 bits per heavy atom. The Morgan fingerprint density at radius 3 is 1.75 bits per heavy atom. The molecule has 12 rings (SSSR count). The molecule has 0 amide bonds. The molecule has 0 saturated carbocycles. The van der Waals surface area contributed by atoms with Gasteiger partial charge in [0.2, 0.25) is 0 Å². The van der Waals surface area contributed by atoms with Crippen LogP contribution in [-0.2, 0) is 21.1 Å². The van der Waals surface area contributed by atoms with Crippen LogP contribution in [-0.4, -0.2) is 14.1 Å². The van der Waals surface area contributed by atoms with Crippen molar-refractivity contribution in [3.05, 3.63) is 249 Å². The minimum atomic E-state index is 0. The third kappa shape index (κ3) is 8.05. The van der Waals surface area contributed by atoms with Gasteiger partial charge in [0.1, 0.15) is 5.82 Å². The standard InChI is InChI=1S/C63H44N4O.Pt/c1-43(2)55-40-62(64-41-57(55)47-25-13-6-14-26-47)67-58-36-33-48(44-19-7-3-8-20-44)37-56(58)54-35-34-51(39-61(54)67)68-50-28-17-27-49(38-50)65-42-66(60-32-16-15-31-59(60)65)63-52(45-21-9-4-10-22-45)29-18-30-53(63)46-23-11-5-12-24-46;/h3-37,40-41,43H,1-2H3;/q-2;. The van der Waals surface area contributed by atoms with Crippen LogP contribution in [0, 0.1) is 18.5 Å². The van der Waals surface area contributed by atoms with Crippen LogP contribution in [0.25, 0.3) is 94.5 Å². The number of imidazole rings is 1. The molecule has 6 heteroatoms. The molecule has 0 N–H and O–H groups in total. The molecule has 0 aliphatic heterocycles. The zero-order chi connectivity index (χ0) is 45.6. The largest absolute Gasteiger partial charge is 0.510 e. The van der Waals surface area contributed by atoms with Crippen LogP contribution in [0.1, 0.15) is 25.3 Å². The molecule has 0 bridgehead atoms. The molecule has 3 aromatic heterocycles. The van der Waals surface area contributed by atoms with E-state index in [1.54, 1.807) is 0 Å². The van der Waals surface area contributed by atoms with E-state index in [0.29, 0.717) is 11.5 Å². The summed E-state index contributed by atoms with van der Waals surface area (Å²) in [4.78, 5) is 5.16. The van der Waals surface area contributed by atoms with Crippen LogP contribution in [0.3, 0.4) is 0 Å². The fourth-order valence-corrected chi connectivity index (χ4v) is 9.58. The molecule has 334 valence electrons. The fourth-order valence-electron chi connectivity index (χ4n) is 9.58. The van der Waals surface area contributed by atoms with Gasteiger partial charge in [-0.25, -0.2) is 4.98 Å². The molecule has 12 aromatic rings. The van der Waals surface area contributed by atoms with E-state index in [4.69, 9.17) is 9.72 Å². The Kier molecular flexibility index (Phi) is 11.7. The third-order valence-corrected chi connectivity index (χ3v) is 12.8.